The van der Waals surface area contributed by atoms with Crippen molar-refractivity contribution in [3.05, 3.63) is 63.7 Å². The van der Waals surface area contributed by atoms with Crippen molar-refractivity contribution in [2.24, 2.45) is 0 Å². The predicted octanol–water partition coefficient (Wildman–Crippen LogP) is 3.86. The number of thiophene rings is 1. The minimum atomic E-state index is -0.399. The van der Waals surface area contributed by atoms with Gasteiger partial charge in [0.15, 0.2) is 11.6 Å². The molecule has 2 aliphatic rings. The highest BCUT2D eigenvalue weighted by molar-refractivity contribution is 7.09. The lowest BCUT2D eigenvalue weighted by molar-refractivity contribution is 0.122. The van der Waals surface area contributed by atoms with Gasteiger partial charge in [0.2, 0.25) is 11.8 Å². The molecule has 1 saturated heterocycles. The molecule has 1 fully saturated rings. The van der Waals surface area contributed by atoms with E-state index < -0.39 is 5.82 Å². The normalized spacial score (nSPS) is 17.0. The Labute approximate surface area is 178 Å². The van der Waals surface area contributed by atoms with Gasteiger partial charge in [-0.15, -0.1) is 11.3 Å². The molecule has 0 aliphatic carbocycles. The SMILES string of the molecule is Fc1ccccc1Oc1nc(N2CCOCC2)nc2c1CN(Cc1cccs1)CC2. The highest BCUT2D eigenvalue weighted by atomic mass is 32.1. The Morgan fingerprint density at radius 1 is 1.07 bits per heavy atom. The molecule has 1 aromatic carbocycles. The summed E-state index contributed by atoms with van der Waals surface area (Å²) in [4.78, 5) is 15.4. The van der Waals surface area contributed by atoms with E-state index in [4.69, 9.17) is 19.4 Å². The van der Waals surface area contributed by atoms with Gasteiger partial charge < -0.3 is 14.4 Å². The lowest BCUT2D eigenvalue weighted by Gasteiger charge is -2.31. The monoisotopic (exact) mass is 426 g/mol. The van der Waals surface area contributed by atoms with Gasteiger partial charge in [-0.05, 0) is 23.6 Å². The Morgan fingerprint density at radius 3 is 2.73 bits per heavy atom. The molecule has 8 heteroatoms. The average molecular weight is 427 g/mol. The summed E-state index contributed by atoms with van der Waals surface area (Å²) in [6.45, 7) is 5.26. The van der Waals surface area contributed by atoms with Crippen molar-refractivity contribution in [1.82, 2.24) is 14.9 Å². The summed E-state index contributed by atoms with van der Waals surface area (Å²) in [6.07, 6.45) is 0.814. The van der Waals surface area contributed by atoms with Gasteiger partial charge in [-0.2, -0.15) is 4.98 Å². The molecule has 0 radical (unpaired) electrons. The summed E-state index contributed by atoms with van der Waals surface area (Å²) < 4.78 is 25.8. The summed E-state index contributed by atoms with van der Waals surface area (Å²) >= 11 is 1.76. The fraction of sp³-hybridized carbons (Fsp3) is 0.364. The zero-order valence-electron chi connectivity index (χ0n) is 16.6. The van der Waals surface area contributed by atoms with Gasteiger partial charge in [0.1, 0.15) is 0 Å². The molecule has 0 N–H and O–H groups in total. The molecule has 0 bridgehead atoms. The average Bonchev–Trinajstić information content (AvgIpc) is 3.29. The number of aromatic nitrogens is 2. The van der Waals surface area contributed by atoms with Crippen LogP contribution < -0.4 is 9.64 Å². The van der Waals surface area contributed by atoms with E-state index in [-0.39, 0.29) is 5.75 Å². The zero-order chi connectivity index (χ0) is 20.3. The molecule has 0 spiro atoms. The molecule has 30 heavy (non-hydrogen) atoms. The quantitative estimate of drug-likeness (QED) is 0.618. The Balaban J connectivity index is 1.48. The van der Waals surface area contributed by atoms with Gasteiger partial charge in [0, 0.05) is 44.0 Å². The largest absolute Gasteiger partial charge is 0.435 e. The third-order valence-corrected chi connectivity index (χ3v) is 6.25. The number of rotatable bonds is 5. The Hall–Kier alpha value is -2.55. The van der Waals surface area contributed by atoms with Crippen LogP contribution in [0.5, 0.6) is 11.6 Å². The molecule has 6 nitrogen and oxygen atoms in total. The Morgan fingerprint density at radius 2 is 1.93 bits per heavy atom. The summed E-state index contributed by atoms with van der Waals surface area (Å²) in [6, 6.07) is 10.7. The van der Waals surface area contributed by atoms with Crippen LogP contribution in [0.1, 0.15) is 16.1 Å². The molecule has 0 unspecified atom stereocenters. The van der Waals surface area contributed by atoms with Crippen LogP contribution in [0, 0.1) is 5.82 Å². The Kier molecular flexibility index (Phi) is 5.61. The van der Waals surface area contributed by atoms with Gasteiger partial charge in [0.25, 0.3) is 0 Å². The maximum Gasteiger partial charge on any atom is 0.229 e. The van der Waals surface area contributed by atoms with Crippen molar-refractivity contribution >= 4 is 17.3 Å². The molecule has 2 aliphatic heterocycles. The summed E-state index contributed by atoms with van der Waals surface area (Å²) in [5, 5.41) is 2.09. The van der Waals surface area contributed by atoms with Crippen molar-refractivity contribution in [2.45, 2.75) is 19.5 Å². The number of halogens is 1. The molecule has 3 aromatic rings. The van der Waals surface area contributed by atoms with Crippen LogP contribution in [0.25, 0.3) is 0 Å². The molecule has 2 aromatic heterocycles. The first-order valence-electron chi connectivity index (χ1n) is 10.2. The number of hydrogen-bond donors (Lipinski definition) is 0. The van der Waals surface area contributed by atoms with Crippen LogP contribution in [0.4, 0.5) is 10.3 Å². The summed E-state index contributed by atoms with van der Waals surface area (Å²) in [5.74, 6) is 0.864. The van der Waals surface area contributed by atoms with E-state index in [2.05, 4.69) is 27.3 Å². The van der Waals surface area contributed by atoms with Crippen LogP contribution in [-0.4, -0.2) is 47.7 Å². The van der Waals surface area contributed by atoms with E-state index in [0.717, 1.165) is 43.9 Å². The fourth-order valence-corrected chi connectivity index (χ4v) is 4.55. The highest BCUT2D eigenvalue weighted by Gasteiger charge is 2.26. The molecule has 5 rings (SSSR count). The molecule has 156 valence electrons. The first-order chi connectivity index (χ1) is 14.8. The van der Waals surface area contributed by atoms with E-state index >= 15 is 0 Å². The number of ether oxygens (including phenoxy) is 2. The van der Waals surface area contributed by atoms with Crippen LogP contribution in [-0.2, 0) is 24.2 Å². The van der Waals surface area contributed by atoms with Crippen LogP contribution in [0.2, 0.25) is 0 Å². The maximum absolute atomic E-state index is 14.3. The topological polar surface area (TPSA) is 50.7 Å². The third-order valence-electron chi connectivity index (χ3n) is 5.39. The van der Waals surface area contributed by atoms with E-state index in [0.29, 0.717) is 31.6 Å². The second-order valence-electron chi connectivity index (χ2n) is 7.43. The minimum Gasteiger partial charge on any atom is -0.435 e. The number of morpholine rings is 1. The van der Waals surface area contributed by atoms with Gasteiger partial charge >= 0.3 is 0 Å². The lowest BCUT2D eigenvalue weighted by Crippen LogP contribution is -2.38. The Bertz CT molecular complexity index is 1010. The summed E-state index contributed by atoms with van der Waals surface area (Å²) in [7, 11) is 0. The van der Waals surface area contributed by atoms with Crippen molar-refractivity contribution in [3.8, 4) is 11.6 Å². The number of benzene rings is 1. The number of fused-ring (bicyclic) bond motifs is 1. The zero-order valence-corrected chi connectivity index (χ0v) is 17.4. The van der Waals surface area contributed by atoms with Crippen molar-refractivity contribution in [3.63, 3.8) is 0 Å². The standard InChI is InChI=1S/C22H23FN4O2S/c23-18-5-1-2-6-20(18)29-21-17-15-26(14-16-4-3-13-30-16)8-7-19(17)24-22(25-21)27-9-11-28-12-10-27/h1-6,13H,7-12,14-15H2. The molecule has 0 amide bonds. The second kappa shape index (κ2) is 8.67. The van der Waals surface area contributed by atoms with Gasteiger partial charge in [-0.1, -0.05) is 18.2 Å². The van der Waals surface area contributed by atoms with Crippen molar-refractivity contribution in [2.75, 3.05) is 37.7 Å². The minimum absolute atomic E-state index is 0.182. The molecular weight excluding hydrogens is 403 g/mol. The first kappa shape index (κ1) is 19.4. The molecule has 0 atom stereocenters. The van der Waals surface area contributed by atoms with Gasteiger partial charge in [-0.3, -0.25) is 4.90 Å². The van der Waals surface area contributed by atoms with Crippen molar-refractivity contribution < 1.29 is 13.9 Å². The number of anilines is 1. The van der Waals surface area contributed by atoms with E-state index in [1.54, 1.807) is 29.5 Å². The number of nitrogens with zero attached hydrogens (tertiary/aromatic N) is 4. The van der Waals surface area contributed by atoms with E-state index in [1.807, 2.05) is 0 Å². The van der Waals surface area contributed by atoms with Crippen molar-refractivity contribution in [1.29, 1.82) is 0 Å². The fourth-order valence-electron chi connectivity index (χ4n) is 3.81. The van der Waals surface area contributed by atoms with E-state index in [9.17, 15) is 4.39 Å². The second-order valence-corrected chi connectivity index (χ2v) is 8.46. The number of para-hydroxylation sites is 1. The molecular formula is C22H23FN4O2S. The van der Waals surface area contributed by atoms with E-state index in [1.165, 1.54) is 10.9 Å². The molecule has 0 saturated carbocycles. The smallest absolute Gasteiger partial charge is 0.229 e. The maximum atomic E-state index is 14.3. The third kappa shape index (κ3) is 4.16. The van der Waals surface area contributed by atoms with Crippen LogP contribution in [0.3, 0.4) is 0 Å². The van der Waals surface area contributed by atoms with Crippen LogP contribution >= 0.6 is 11.3 Å². The summed E-state index contributed by atoms with van der Waals surface area (Å²) in [5.41, 5.74) is 1.93. The lowest BCUT2D eigenvalue weighted by atomic mass is 10.1. The van der Waals surface area contributed by atoms with Crippen LogP contribution in [0.15, 0.2) is 41.8 Å². The number of hydrogen-bond acceptors (Lipinski definition) is 7. The van der Waals surface area contributed by atoms with Gasteiger partial charge in [0.05, 0.1) is 24.5 Å². The molecule has 4 heterocycles. The predicted molar refractivity (Wildman–Crippen MR) is 114 cm³/mol. The highest BCUT2D eigenvalue weighted by Crippen LogP contribution is 2.33. The van der Waals surface area contributed by atoms with Gasteiger partial charge in [-0.25, -0.2) is 9.37 Å². The first-order valence-corrected chi connectivity index (χ1v) is 11.0.